The normalized spacial score (nSPS) is 33.9. The second kappa shape index (κ2) is 4.83. The Kier molecular flexibility index (Phi) is 2.99. The molecule has 1 aromatic carbocycles. The van der Waals surface area contributed by atoms with Gasteiger partial charge in [-0.3, -0.25) is 9.59 Å². The third kappa shape index (κ3) is 1.84. The van der Waals surface area contributed by atoms with Crippen molar-refractivity contribution < 1.29 is 23.8 Å². The lowest BCUT2D eigenvalue weighted by Crippen LogP contribution is -2.39. The van der Waals surface area contributed by atoms with E-state index in [1.165, 1.54) is 7.11 Å². The average molecular weight is 315 g/mol. The number of nitrogens with zero attached hydrogens (tertiary/aromatic N) is 1. The lowest BCUT2D eigenvalue weighted by molar-refractivity contribution is -0.149. The van der Waals surface area contributed by atoms with Crippen molar-refractivity contribution in [3.63, 3.8) is 0 Å². The summed E-state index contributed by atoms with van der Waals surface area (Å²) in [7, 11) is 2.93. The molecule has 1 spiro atoms. The van der Waals surface area contributed by atoms with Crippen molar-refractivity contribution in [1.29, 1.82) is 0 Å². The van der Waals surface area contributed by atoms with Gasteiger partial charge < -0.3 is 19.1 Å². The summed E-state index contributed by atoms with van der Waals surface area (Å²) in [6, 6.07) is 7.27. The van der Waals surface area contributed by atoms with Crippen molar-refractivity contribution in [3.8, 4) is 5.75 Å². The molecule has 6 heteroatoms. The van der Waals surface area contributed by atoms with E-state index in [0.29, 0.717) is 6.54 Å². The molecular formula is C17H17NO5. The molecule has 2 fully saturated rings. The summed E-state index contributed by atoms with van der Waals surface area (Å²) in [5.41, 5.74) is 0.0456. The molecule has 0 N–H and O–H groups in total. The van der Waals surface area contributed by atoms with Crippen LogP contribution in [0.1, 0.15) is 0 Å². The fourth-order valence-electron chi connectivity index (χ4n) is 3.88. The molecule has 0 aliphatic carbocycles. The van der Waals surface area contributed by atoms with Crippen LogP contribution in [0.4, 0.5) is 5.69 Å². The summed E-state index contributed by atoms with van der Waals surface area (Å²) < 4.78 is 16.0. The van der Waals surface area contributed by atoms with E-state index >= 15 is 0 Å². The Hall–Kier alpha value is -2.34. The summed E-state index contributed by atoms with van der Waals surface area (Å²) in [4.78, 5) is 26.7. The minimum atomic E-state index is -0.722. The first kappa shape index (κ1) is 14.3. The van der Waals surface area contributed by atoms with Crippen LogP contribution in [-0.4, -0.2) is 44.3 Å². The number of carbonyl (C=O) groups is 2. The van der Waals surface area contributed by atoms with Crippen molar-refractivity contribution in [2.75, 3.05) is 25.7 Å². The van der Waals surface area contributed by atoms with E-state index in [2.05, 4.69) is 0 Å². The summed E-state index contributed by atoms with van der Waals surface area (Å²) in [5, 5.41) is 0. The highest BCUT2D eigenvalue weighted by atomic mass is 16.5. The van der Waals surface area contributed by atoms with Crippen LogP contribution in [0.15, 0.2) is 36.4 Å². The highest BCUT2D eigenvalue weighted by Crippen LogP contribution is 2.52. The number of fused-ring (bicyclic) bond motifs is 1. The monoisotopic (exact) mass is 315 g/mol. The zero-order valence-electron chi connectivity index (χ0n) is 12.9. The molecule has 3 heterocycles. The van der Waals surface area contributed by atoms with Crippen LogP contribution < -0.4 is 9.64 Å². The fraction of sp³-hybridized carbons (Fsp3) is 0.412. The Morgan fingerprint density at radius 2 is 2.04 bits per heavy atom. The van der Waals surface area contributed by atoms with Gasteiger partial charge >= 0.3 is 5.97 Å². The molecule has 0 aromatic heterocycles. The van der Waals surface area contributed by atoms with Crippen molar-refractivity contribution in [2.24, 2.45) is 11.8 Å². The van der Waals surface area contributed by atoms with Crippen LogP contribution in [0, 0.1) is 11.8 Å². The minimum Gasteiger partial charge on any atom is -0.497 e. The summed E-state index contributed by atoms with van der Waals surface area (Å²) >= 11 is 0. The number of hydrogen-bond donors (Lipinski definition) is 0. The number of rotatable bonds is 3. The first-order valence-corrected chi connectivity index (χ1v) is 7.50. The Morgan fingerprint density at radius 3 is 2.70 bits per heavy atom. The Labute approximate surface area is 133 Å². The van der Waals surface area contributed by atoms with Crippen LogP contribution >= 0.6 is 0 Å². The molecule has 2 saturated heterocycles. The predicted molar refractivity (Wildman–Crippen MR) is 81.1 cm³/mol. The molecule has 1 aromatic rings. The van der Waals surface area contributed by atoms with Gasteiger partial charge in [-0.25, -0.2) is 0 Å². The van der Waals surface area contributed by atoms with Crippen LogP contribution in [0.5, 0.6) is 5.75 Å². The molecule has 6 nitrogen and oxygen atoms in total. The van der Waals surface area contributed by atoms with Crippen molar-refractivity contribution in [1.82, 2.24) is 0 Å². The third-order valence-corrected chi connectivity index (χ3v) is 4.96. The molecule has 1 amide bonds. The van der Waals surface area contributed by atoms with Crippen LogP contribution in [-0.2, 0) is 19.1 Å². The quantitative estimate of drug-likeness (QED) is 0.618. The highest BCUT2D eigenvalue weighted by molar-refractivity contribution is 6.02. The van der Waals surface area contributed by atoms with E-state index < -0.39 is 23.4 Å². The maximum Gasteiger partial charge on any atom is 0.312 e. The predicted octanol–water partition coefficient (Wildman–Crippen LogP) is 1.15. The summed E-state index contributed by atoms with van der Waals surface area (Å²) in [5.74, 6) is -0.857. The SMILES string of the molecule is COC(=O)[C@@H]1[C@@H]2C=C[C@@]3(CN(c4ccc(OC)cc4)C(=O)[C@@H]13)O2. The van der Waals surface area contributed by atoms with Gasteiger partial charge in [0.25, 0.3) is 0 Å². The van der Waals surface area contributed by atoms with Crippen molar-refractivity contribution in [3.05, 3.63) is 36.4 Å². The number of benzene rings is 1. The maximum absolute atomic E-state index is 12.9. The van der Waals surface area contributed by atoms with Gasteiger partial charge in [-0.15, -0.1) is 0 Å². The summed E-state index contributed by atoms with van der Waals surface area (Å²) in [6.45, 7) is 0.406. The number of carbonyl (C=O) groups excluding carboxylic acids is 2. The van der Waals surface area contributed by atoms with Gasteiger partial charge in [0.2, 0.25) is 5.91 Å². The van der Waals surface area contributed by atoms with E-state index in [0.717, 1.165) is 11.4 Å². The van der Waals surface area contributed by atoms with E-state index in [1.54, 1.807) is 24.1 Å². The molecule has 120 valence electrons. The second-order valence-electron chi connectivity index (χ2n) is 6.05. The lowest BCUT2D eigenvalue weighted by Gasteiger charge is -2.22. The van der Waals surface area contributed by atoms with E-state index in [9.17, 15) is 9.59 Å². The smallest absolute Gasteiger partial charge is 0.312 e. The number of amides is 1. The zero-order chi connectivity index (χ0) is 16.2. The zero-order valence-corrected chi connectivity index (χ0v) is 12.9. The molecule has 23 heavy (non-hydrogen) atoms. The van der Waals surface area contributed by atoms with Crippen LogP contribution in [0.2, 0.25) is 0 Å². The molecule has 0 radical (unpaired) electrons. The van der Waals surface area contributed by atoms with Gasteiger partial charge in [-0.2, -0.15) is 0 Å². The number of methoxy groups -OCH3 is 2. The molecule has 4 atom stereocenters. The second-order valence-corrected chi connectivity index (χ2v) is 6.05. The highest BCUT2D eigenvalue weighted by Gasteiger charge is 2.67. The molecule has 3 aliphatic heterocycles. The first-order valence-electron chi connectivity index (χ1n) is 7.50. The first-order chi connectivity index (χ1) is 11.1. The lowest BCUT2D eigenvalue weighted by atomic mass is 9.77. The van der Waals surface area contributed by atoms with Gasteiger partial charge in [0, 0.05) is 5.69 Å². The van der Waals surface area contributed by atoms with E-state index in [-0.39, 0.29) is 12.0 Å². The molecule has 4 rings (SSSR count). The van der Waals surface area contributed by atoms with Crippen molar-refractivity contribution >= 4 is 17.6 Å². The van der Waals surface area contributed by atoms with Gasteiger partial charge in [0.05, 0.1) is 32.8 Å². The molecular weight excluding hydrogens is 298 g/mol. The van der Waals surface area contributed by atoms with Gasteiger partial charge in [0.15, 0.2) is 0 Å². The largest absolute Gasteiger partial charge is 0.497 e. The fourth-order valence-corrected chi connectivity index (χ4v) is 3.88. The number of hydrogen-bond acceptors (Lipinski definition) is 5. The van der Waals surface area contributed by atoms with E-state index in [4.69, 9.17) is 14.2 Å². The number of esters is 1. The molecule has 0 unspecified atom stereocenters. The number of anilines is 1. The third-order valence-electron chi connectivity index (χ3n) is 4.96. The summed E-state index contributed by atoms with van der Waals surface area (Å²) in [6.07, 6.45) is 3.42. The standard InChI is InChI=1S/C17H17NO5/c1-21-11-5-3-10(4-6-11)18-9-17-8-7-12(23-17)13(16(20)22-2)14(17)15(18)19/h3-8,12-14H,9H2,1-2H3/t12-,13+,14+,17-/m0/s1. The molecule has 0 saturated carbocycles. The van der Waals surface area contributed by atoms with Gasteiger partial charge in [-0.05, 0) is 24.3 Å². The molecule has 2 bridgehead atoms. The van der Waals surface area contributed by atoms with Crippen LogP contribution in [0.3, 0.4) is 0 Å². The van der Waals surface area contributed by atoms with Gasteiger partial charge in [0.1, 0.15) is 17.3 Å². The molecule has 3 aliphatic rings. The van der Waals surface area contributed by atoms with Crippen LogP contribution in [0.25, 0.3) is 0 Å². The maximum atomic E-state index is 12.9. The van der Waals surface area contributed by atoms with Gasteiger partial charge in [-0.1, -0.05) is 12.2 Å². The Balaban J connectivity index is 1.68. The average Bonchev–Trinajstić information content (AvgIpc) is 3.22. The van der Waals surface area contributed by atoms with Crippen molar-refractivity contribution in [2.45, 2.75) is 11.7 Å². The number of ether oxygens (including phenoxy) is 3. The Bertz CT molecular complexity index is 697. The van der Waals surface area contributed by atoms with E-state index in [1.807, 2.05) is 24.3 Å². The minimum absolute atomic E-state index is 0.0996. The topological polar surface area (TPSA) is 65.1 Å². The Morgan fingerprint density at radius 1 is 1.30 bits per heavy atom.